The lowest BCUT2D eigenvalue weighted by Crippen LogP contribution is -2.02. The summed E-state index contributed by atoms with van der Waals surface area (Å²) in [7, 11) is 1.12. The number of nitrogens with zero attached hydrogens (tertiary/aromatic N) is 2. The molecule has 2 N–H and O–H groups in total. The van der Waals surface area contributed by atoms with E-state index in [4.69, 9.17) is 10.7 Å². The van der Waals surface area contributed by atoms with Gasteiger partial charge in [-0.1, -0.05) is 0 Å². The normalized spacial score (nSPS) is 11.6. The van der Waals surface area contributed by atoms with E-state index in [9.17, 15) is 13.2 Å². The molecule has 16 heavy (non-hydrogen) atoms. The van der Waals surface area contributed by atoms with Gasteiger partial charge in [0.15, 0.2) is 5.82 Å². The van der Waals surface area contributed by atoms with Crippen LogP contribution in [-0.2, 0) is 9.05 Å². The lowest BCUT2D eigenvalue weighted by Gasteiger charge is -1.91. The maximum atomic E-state index is 11.0. The topological polar surface area (TPSA) is 109 Å². The van der Waals surface area contributed by atoms with E-state index in [1.165, 1.54) is 18.3 Å². The molecule has 0 aliphatic carbocycles. The third-order valence-electron chi connectivity index (χ3n) is 1.73. The van der Waals surface area contributed by atoms with Gasteiger partial charge in [0.05, 0.1) is 0 Å². The quantitative estimate of drug-likeness (QED) is 0.744. The molecule has 9 heteroatoms. The summed E-state index contributed by atoms with van der Waals surface area (Å²) < 4.78 is 21.8. The molecule has 0 fully saturated rings. The van der Waals surface area contributed by atoms with Crippen molar-refractivity contribution in [3.8, 4) is 11.4 Å². The lowest BCUT2D eigenvalue weighted by atomic mass is 10.2. The summed E-state index contributed by atoms with van der Waals surface area (Å²) in [5.41, 5.74) is 0.0594. The molecule has 0 radical (unpaired) electrons. The number of pyridine rings is 1. The number of hydrogen-bond acceptors (Lipinski definition) is 5. The van der Waals surface area contributed by atoms with Crippen molar-refractivity contribution >= 4 is 19.7 Å². The maximum Gasteiger partial charge on any atom is 0.296 e. The molecule has 0 aliphatic heterocycles. The summed E-state index contributed by atoms with van der Waals surface area (Å²) in [5.74, 6) is 0.0883. The average Bonchev–Trinajstić information content (AvgIpc) is 2.65. The average molecular weight is 261 g/mol. The molecule has 0 saturated heterocycles. The molecular formula is C7H5ClN4O3S. The zero-order valence-corrected chi connectivity index (χ0v) is 9.21. The Morgan fingerprint density at radius 1 is 1.38 bits per heavy atom. The number of rotatable bonds is 2. The van der Waals surface area contributed by atoms with E-state index < -0.39 is 14.2 Å². The van der Waals surface area contributed by atoms with E-state index in [1.54, 1.807) is 0 Å². The first kappa shape index (κ1) is 10.8. The predicted molar refractivity (Wildman–Crippen MR) is 55.5 cm³/mol. The van der Waals surface area contributed by atoms with Crippen LogP contribution in [0.5, 0.6) is 0 Å². The smallest absolute Gasteiger partial charge is 0.296 e. The summed E-state index contributed by atoms with van der Waals surface area (Å²) in [5, 5.41) is 5.36. The van der Waals surface area contributed by atoms with Crippen molar-refractivity contribution in [3.05, 3.63) is 28.7 Å². The minimum absolute atomic E-state index is 0.0883. The first-order valence-electron chi connectivity index (χ1n) is 4.03. The molecule has 0 aliphatic rings. The van der Waals surface area contributed by atoms with Gasteiger partial charge in [-0.15, -0.1) is 0 Å². The van der Waals surface area contributed by atoms with Crippen LogP contribution >= 0.6 is 10.7 Å². The number of H-pyrrole nitrogens is 2. The number of halogens is 1. The minimum Gasteiger partial charge on any atom is -0.329 e. The van der Waals surface area contributed by atoms with Gasteiger partial charge in [-0.05, 0) is 6.07 Å². The Morgan fingerprint density at radius 2 is 2.12 bits per heavy atom. The van der Waals surface area contributed by atoms with Gasteiger partial charge < -0.3 is 4.98 Å². The molecule has 2 aromatic rings. The molecule has 0 bridgehead atoms. The second-order valence-corrected chi connectivity index (χ2v) is 5.32. The Morgan fingerprint density at radius 3 is 2.69 bits per heavy atom. The fourth-order valence-electron chi connectivity index (χ4n) is 1.07. The molecule has 0 aromatic carbocycles. The minimum atomic E-state index is -3.94. The molecule has 0 amide bonds. The maximum absolute atomic E-state index is 11.0. The zero-order valence-electron chi connectivity index (χ0n) is 7.64. The molecule has 0 atom stereocenters. The van der Waals surface area contributed by atoms with Crippen LogP contribution in [-0.4, -0.2) is 28.6 Å². The molecule has 7 nitrogen and oxygen atoms in total. The van der Waals surface area contributed by atoms with Crippen LogP contribution in [0.1, 0.15) is 0 Å². The van der Waals surface area contributed by atoms with E-state index in [0.717, 1.165) is 0 Å². The fourth-order valence-corrected chi connectivity index (χ4v) is 1.63. The van der Waals surface area contributed by atoms with Crippen molar-refractivity contribution in [2.75, 3.05) is 0 Å². The zero-order chi connectivity index (χ0) is 11.8. The summed E-state index contributed by atoms with van der Waals surface area (Å²) in [6.07, 6.45) is 1.41. The van der Waals surface area contributed by atoms with Crippen LogP contribution in [0, 0.1) is 0 Å². The van der Waals surface area contributed by atoms with Crippen molar-refractivity contribution < 1.29 is 8.42 Å². The molecule has 2 rings (SSSR count). The summed E-state index contributed by atoms with van der Waals surface area (Å²) in [4.78, 5) is 17.1. The van der Waals surface area contributed by atoms with Crippen molar-refractivity contribution in [1.29, 1.82) is 0 Å². The highest BCUT2D eigenvalue weighted by atomic mass is 35.7. The third kappa shape index (κ3) is 2.12. The second-order valence-electron chi connectivity index (χ2n) is 2.84. The van der Waals surface area contributed by atoms with Gasteiger partial charge in [0.2, 0.25) is 5.56 Å². The van der Waals surface area contributed by atoms with Crippen molar-refractivity contribution in [3.63, 3.8) is 0 Å². The first-order valence-corrected chi connectivity index (χ1v) is 6.34. The van der Waals surface area contributed by atoms with Gasteiger partial charge in [-0.25, -0.2) is 13.5 Å². The third-order valence-corrected chi connectivity index (χ3v) is 2.81. The van der Waals surface area contributed by atoms with E-state index >= 15 is 0 Å². The van der Waals surface area contributed by atoms with Gasteiger partial charge >= 0.3 is 0 Å². The SMILES string of the molecule is O=c1cc(-c2n[nH]c(S(=O)(=O)Cl)n2)cc[nH]1. The van der Waals surface area contributed by atoms with Gasteiger partial charge in [-0.2, -0.15) is 10.1 Å². The van der Waals surface area contributed by atoms with Crippen molar-refractivity contribution in [1.82, 2.24) is 20.2 Å². The highest BCUT2D eigenvalue weighted by molar-refractivity contribution is 8.13. The van der Waals surface area contributed by atoms with E-state index in [-0.39, 0.29) is 11.4 Å². The monoisotopic (exact) mass is 260 g/mol. The highest BCUT2D eigenvalue weighted by Gasteiger charge is 2.16. The van der Waals surface area contributed by atoms with Crippen LogP contribution in [0.2, 0.25) is 0 Å². The van der Waals surface area contributed by atoms with Crippen LogP contribution in [0.25, 0.3) is 11.4 Å². The second kappa shape index (κ2) is 3.72. The molecule has 0 spiro atoms. The predicted octanol–water partition coefficient (Wildman–Crippen LogP) is 0.0875. The van der Waals surface area contributed by atoms with Crippen LogP contribution < -0.4 is 5.56 Å². The molecule has 2 heterocycles. The van der Waals surface area contributed by atoms with Gasteiger partial charge in [0.25, 0.3) is 14.2 Å². The largest absolute Gasteiger partial charge is 0.329 e. The standard InChI is InChI=1S/C7H5ClN4O3S/c8-16(14,15)7-10-6(11-12-7)4-1-2-9-5(13)3-4/h1-3H,(H,9,13)(H,10,11,12). The van der Waals surface area contributed by atoms with Crippen LogP contribution in [0.3, 0.4) is 0 Å². The number of hydrogen-bond donors (Lipinski definition) is 2. The Balaban J connectivity index is 2.51. The molecule has 0 saturated carbocycles. The summed E-state index contributed by atoms with van der Waals surface area (Å²) in [6.45, 7) is 0. The molecular weight excluding hydrogens is 256 g/mol. The first-order chi connectivity index (χ1) is 7.47. The van der Waals surface area contributed by atoms with E-state index in [0.29, 0.717) is 5.56 Å². The van der Waals surface area contributed by atoms with E-state index in [2.05, 4.69) is 20.2 Å². The van der Waals surface area contributed by atoms with Gasteiger partial charge in [0, 0.05) is 28.5 Å². The van der Waals surface area contributed by atoms with Crippen LogP contribution in [0.4, 0.5) is 0 Å². The lowest BCUT2D eigenvalue weighted by molar-refractivity contribution is 0.602. The van der Waals surface area contributed by atoms with Crippen molar-refractivity contribution in [2.45, 2.75) is 5.16 Å². The summed E-state index contributed by atoms with van der Waals surface area (Å²) in [6, 6.07) is 2.78. The Kier molecular flexibility index (Phi) is 2.52. The molecule has 0 unspecified atom stereocenters. The van der Waals surface area contributed by atoms with Crippen molar-refractivity contribution in [2.24, 2.45) is 0 Å². The molecule has 2 aromatic heterocycles. The van der Waals surface area contributed by atoms with Crippen LogP contribution in [0.15, 0.2) is 28.3 Å². The highest BCUT2D eigenvalue weighted by Crippen LogP contribution is 2.15. The number of aromatic nitrogens is 4. The van der Waals surface area contributed by atoms with Gasteiger partial charge in [-0.3, -0.25) is 4.79 Å². The number of nitrogens with one attached hydrogen (secondary N) is 2. The van der Waals surface area contributed by atoms with Gasteiger partial charge in [0.1, 0.15) is 0 Å². The Hall–Kier alpha value is -1.67. The number of aromatic amines is 2. The molecule has 84 valence electrons. The summed E-state index contributed by atoms with van der Waals surface area (Å²) >= 11 is 0. The van der Waals surface area contributed by atoms with E-state index in [1.807, 2.05) is 0 Å². The fraction of sp³-hybridized carbons (Fsp3) is 0. The Labute approximate surface area is 93.9 Å². The Bertz CT molecular complexity index is 675.